The van der Waals surface area contributed by atoms with Crippen molar-refractivity contribution in [3.63, 3.8) is 0 Å². The van der Waals surface area contributed by atoms with Crippen LogP contribution in [0.3, 0.4) is 0 Å². The summed E-state index contributed by atoms with van der Waals surface area (Å²) in [6.07, 6.45) is -0.218. The van der Waals surface area contributed by atoms with Crippen LogP contribution in [0, 0.1) is 0 Å². The van der Waals surface area contributed by atoms with Crippen molar-refractivity contribution in [1.29, 1.82) is 0 Å². The Hall–Kier alpha value is -1.96. The fourth-order valence-electron chi connectivity index (χ4n) is 1.49. The molecule has 2 atom stereocenters. The molecule has 0 saturated heterocycles. The molecule has 0 rings (SSSR count). The first kappa shape index (κ1) is 18.0. The second kappa shape index (κ2) is 9.03. The average Bonchev–Trinajstić information content (AvgIpc) is 2.38. The van der Waals surface area contributed by atoms with Gasteiger partial charge in [-0.2, -0.15) is 0 Å². The first-order chi connectivity index (χ1) is 9.27. The number of Topliss-reactive ketones (excluding diaryl/α,β-unsaturated/α-hetero) is 1. The normalized spacial score (nSPS) is 13.3. The Morgan fingerprint density at radius 3 is 2.15 bits per heavy atom. The molecule has 0 aliphatic rings. The minimum Gasteiger partial charge on any atom is -0.481 e. The smallest absolute Gasteiger partial charge is 0.320 e. The topological polar surface area (TPSA) is 147 Å². The van der Waals surface area contributed by atoms with Crippen molar-refractivity contribution in [1.82, 2.24) is 5.32 Å². The molecule has 0 fully saturated rings. The SMILES string of the molecule is CC[C@H](NC(=O)CC[C@H](N)C(=O)O)C(=O)CCC(=O)O. The Bertz CT molecular complexity index is 382. The number of aliphatic carboxylic acids is 2. The second-order valence-electron chi connectivity index (χ2n) is 4.37. The fourth-order valence-corrected chi connectivity index (χ4v) is 1.49. The van der Waals surface area contributed by atoms with Gasteiger partial charge in [-0.1, -0.05) is 6.92 Å². The van der Waals surface area contributed by atoms with Crippen LogP contribution in [0.4, 0.5) is 0 Å². The van der Waals surface area contributed by atoms with Crippen molar-refractivity contribution in [3.8, 4) is 0 Å². The van der Waals surface area contributed by atoms with Gasteiger partial charge in [0.2, 0.25) is 5.91 Å². The van der Waals surface area contributed by atoms with Crippen molar-refractivity contribution in [2.45, 2.75) is 51.1 Å². The molecular weight excluding hydrogens is 268 g/mol. The lowest BCUT2D eigenvalue weighted by atomic mass is 10.0. The number of amides is 1. The Labute approximate surface area is 116 Å². The van der Waals surface area contributed by atoms with Crippen molar-refractivity contribution in [3.05, 3.63) is 0 Å². The third-order valence-corrected chi connectivity index (χ3v) is 2.72. The molecule has 8 nitrogen and oxygen atoms in total. The van der Waals surface area contributed by atoms with E-state index in [0.29, 0.717) is 6.42 Å². The Balaban J connectivity index is 4.21. The van der Waals surface area contributed by atoms with E-state index >= 15 is 0 Å². The van der Waals surface area contributed by atoms with Gasteiger partial charge in [0.15, 0.2) is 5.78 Å². The third-order valence-electron chi connectivity index (χ3n) is 2.72. The van der Waals surface area contributed by atoms with E-state index in [0.717, 1.165) is 0 Å². The van der Waals surface area contributed by atoms with Gasteiger partial charge in [0, 0.05) is 12.8 Å². The summed E-state index contributed by atoms with van der Waals surface area (Å²) in [5, 5.41) is 19.5. The van der Waals surface area contributed by atoms with Crippen LogP contribution in [-0.4, -0.2) is 45.9 Å². The molecule has 0 aromatic heterocycles. The quantitative estimate of drug-likeness (QED) is 0.424. The highest BCUT2D eigenvalue weighted by Crippen LogP contribution is 2.02. The highest BCUT2D eigenvalue weighted by atomic mass is 16.4. The molecule has 0 unspecified atom stereocenters. The number of nitrogens with one attached hydrogen (secondary N) is 1. The maximum atomic E-state index is 11.7. The molecule has 0 spiro atoms. The van der Waals surface area contributed by atoms with E-state index in [1.807, 2.05) is 0 Å². The number of nitrogens with two attached hydrogens (primary N) is 1. The number of ketones is 1. The minimum absolute atomic E-state index is 0.0269. The van der Waals surface area contributed by atoms with Crippen molar-refractivity contribution in [2.75, 3.05) is 0 Å². The zero-order valence-electron chi connectivity index (χ0n) is 11.3. The highest BCUT2D eigenvalue weighted by Gasteiger charge is 2.20. The molecule has 0 aliphatic carbocycles. The van der Waals surface area contributed by atoms with Crippen molar-refractivity contribution in [2.24, 2.45) is 5.73 Å². The van der Waals surface area contributed by atoms with E-state index in [9.17, 15) is 19.2 Å². The summed E-state index contributed by atoms with van der Waals surface area (Å²) in [6, 6.07) is -1.87. The molecular formula is C12H20N2O6. The summed E-state index contributed by atoms with van der Waals surface area (Å²) in [5.41, 5.74) is 5.26. The van der Waals surface area contributed by atoms with Crippen LogP contribution in [0.2, 0.25) is 0 Å². The predicted octanol–water partition coefficient (Wildman–Crippen LogP) is -0.493. The van der Waals surface area contributed by atoms with Gasteiger partial charge in [-0.15, -0.1) is 0 Å². The summed E-state index contributed by atoms with van der Waals surface area (Å²) < 4.78 is 0. The van der Waals surface area contributed by atoms with Gasteiger partial charge in [0.25, 0.3) is 0 Å². The molecule has 0 saturated carbocycles. The maximum Gasteiger partial charge on any atom is 0.320 e. The van der Waals surface area contributed by atoms with E-state index in [1.165, 1.54) is 0 Å². The van der Waals surface area contributed by atoms with E-state index in [1.54, 1.807) is 6.92 Å². The summed E-state index contributed by atoms with van der Waals surface area (Å²) in [7, 11) is 0. The van der Waals surface area contributed by atoms with Crippen LogP contribution in [0.15, 0.2) is 0 Å². The standard InChI is InChI=1S/C12H20N2O6/c1-2-8(9(15)4-6-11(17)18)14-10(16)5-3-7(13)12(19)20/h7-8H,2-6,13H2,1H3,(H,14,16)(H,17,18)(H,19,20)/t7-,8-/m0/s1. The summed E-state index contributed by atoms with van der Waals surface area (Å²) in [4.78, 5) is 44.1. The zero-order chi connectivity index (χ0) is 15.7. The monoisotopic (exact) mass is 288 g/mol. The number of carboxylic acids is 2. The molecule has 0 aromatic rings. The van der Waals surface area contributed by atoms with Crippen LogP contribution in [0.5, 0.6) is 0 Å². The number of hydrogen-bond acceptors (Lipinski definition) is 5. The molecule has 20 heavy (non-hydrogen) atoms. The molecule has 8 heteroatoms. The van der Waals surface area contributed by atoms with Crippen LogP contribution < -0.4 is 11.1 Å². The van der Waals surface area contributed by atoms with E-state index in [-0.39, 0.29) is 31.5 Å². The van der Waals surface area contributed by atoms with Crippen LogP contribution in [0.25, 0.3) is 0 Å². The van der Waals surface area contributed by atoms with Gasteiger partial charge >= 0.3 is 11.9 Å². The molecule has 0 aromatic carbocycles. The lowest BCUT2D eigenvalue weighted by Crippen LogP contribution is -2.41. The average molecular weight is 288 g/mol. The number of rotatable bonds is 10. The number of carboxylic acid groups (broad SMARTS) is 2. The summed E-state index contributed by atoms with van der Waals surface area (Å²) in [5.74, 6) is -3.10. The Morgan fingerprint density at radius 1 is 1.10 bits per heavy atom. The fraction of sp³-hybridized carbons (Fsp3) is 0.667. The van der Waals surface area contributed by atoms with Crippen molar-refractivity contribution >= 4 is 23.6 Å². The third kappa shape index (κ3) is 7.47. The molecule has 0 radical (unpaired) electrons. The molecule has 5 N–H and O–H groups in total. The maximum absolute atomic E-state index is 11.7. The second-order valence-corrected chi connectivity index (χ2v) is 4.37. The Kier molecular flexibility index (Phi) is 8.14. The van der Waals surface area contributed by atoms with Gasteiger partial charge < -0.3 is 21.3 Å². The van der Waals surface area contributed by atoms with Gasteiger partial charge in [-0.3, -0.25) is 19.2 Å². The molecule has 0 aliphatic heterocycles. The molecule has 114 valence electrons. The lowest BCUT2D eigenvalue weighted by Gasteiger charge is -2.16. The van der Waals surface area contributed by atoms with Crippen LogP contribution in [0.1, 0.15) is 39.0 Å². The number of carbonyl (C=O) groups excluding carboxylic acids is 2. The molecule has 0 bridgehead atoms. The predicted molar refractivity (Wildman–Crippen MR) is 68.9 cm³/mol. The van der Waals surface area contributed by atoms with Gasteiger partial charge in [0.1, 0.15) is 6.04 Å². The van der Waals surface area contributed by atoms with Gasteiger partial charge in [0.05, 0.1) is 12.5 Å². The first-order valence-electron chi connectivity index (χ1n) is 6.30. The van der Waals surface area contributed by atoms with Crippen LogP contribution in [-0.2, 0) is 19.2 Å². The van der Waals surface area contributed by atoms with E-state index in [2.05, 4.69) is 5.32 Å². The number of hydrogen-bond donors (Lipinski definition) is 4. The molecule has 0 heterocycles. The van der Waals surface area contributed by atoms with Crippen LogP contribution >= 0.6 is 0 Å². The Morgan fingerprint density at radius 2 is 1.70 bits per heavy atom. The van der Waals surface area contributed by atoms with E-state index < -0.39 is 29.9 Å². The van der Waals surface area contributed by atoms with Crippen molar-refractivity contribution < 1.29 is 29.4 Å². The first-order valence-corrected chi connectivity index (χ1v) is 6.30. The highest BCUT2D eigenvalue weighted by molar-refractivity contribution is 5.90. The van der Waals surface area contributed by atoms with Gasteiger partial charge in [-0.25, -0.2) is 0 Å². The zero-order valence-corrected chi connectivity index (χ0v) is 11.3. The number of carbonyl (C=O) groups is 4. The largest absolute Gasteiger partial charge is 0.481 e. The minimum atomic E-state index is -1.19. The lowest BCUT2D eigenvalue weighted by molar-refractivity contribution is -0.139. The summed E-state index contributed by atoms with van der Waals surface area (Å²) in [6.45, 7) is 1.69. The molecule has 1 amide bonds. The van der Waals surface area contributed by atoms with E-state index in [4.69, 9.17) is 15.9 Å². The summed E-state index contributed by atoms with van der Waals surface area (Å²) >= 11 is 0. The van der Waals surface area contributed by atoms with Gasteiger partial charge in [-0.05, 0) is 12.8 Å².